The number of ether oxygens (including phenoxy) is 1. The molecule has 0 saturated carbocycles. The van der Waals surface area contributed by atoms with Gasteiger partial charge in [0, 0.05) is 6.07 Å². The number of carboxylic acids is 2. The van der Waals surface area contributed by atoms with Gasteiger partial charge in [-0.2, -0.15) is 0 Å². The molecule has 21 heavy (non-hydrogen) atoms. The van der Waals surface area contributed by atoms with Crippen LogP contribution in [-0.4, -0.2) is 56.8 Å². The molecule has 9 nitrogen and oxygen atoms in total. The van der Waals surface area contributed by atoms with Crippen LogP contribution in [-0.2, 0) is 14.4 Å². The minimum atomic E-state index is -1.23. The monoisotopic (exact) mass is 298 g/mol. The van der Waals surface area contributed by atoms with E-state index in [4.69, 9.17) is 19.5 Å². The Balaban J connectivity index is 2.06. The number of hydrogen-bond donors (Lipinski definition) is 2. The van der Waals surface area contributed by atoms with E-state index in [0.717, 1.165) is 4.90 Å². The first-order chi connectivity index (χ1) is 9.90. The third kappa shape index (κ3) is 3.12. The lowest BCUT2D eigenvalue weighted by atomic mass is 10.2. The summed E-state index contributed by atoms with van der Waals surface area (Å²) in [5, 5.41) is 21.7. The van der Waals surface area contributed by atoms with Crippen molar-refractivity contribution in [3.63, 3.8) is 0 Å². The average molecular weight is 298 g/mol. The van der Waals surface area contributed by atoms with Gasteiger partial charge in [0.25, 0.3) is 11.8 Å². The van der Waals surface area contributed by atoms with Gasteiger partial charge in [-0.05, 0) is 24.9 Å². The minimum absolute atomic E-state index is 0.0822. The Kier molecular flexibility index (Phi) is 4.10. The van der Waals surface area contributed by atoms with Crippen LogP contribution in [0.25, 0.3) is 0 Å². The molecule has 2 heterocycles. The maximum atomic E-state index is 12.1. The second-order valence-electron chi connectivity index (χ2n) is 4.65. The van der Waals surface area contributed by atoms with Crippen LogP contribution in [0.1, 0.15) is 18.6 Å². The number of carbonyl (C=O) groups is 3. The fourth-order valence-corrected chi connectivity index (χ4v) is 2.27. The molecule has 1 fully saturated rings. The van der Waals surface area contributed by atoms with Gasteiger partial charge in [-0.25, -0.2) is 9.59 Å². The number of carbonyl (C=O) groups excluding carboxylic acids is 1. The average Bonchev–Trinajstić information content (AvgIpc) is 3.01. The summed E-state index contributed by atoms with van der Waals surface area (Å²) in [4.78, 5) is 35.1. The zero-order valence-corrected chi connectivity index (χ0v) is 11.2. The Morgan fingerprint density at radius 3 is 2.33 bits per heavy atom. The SMILES string of the molecule is Cc1cc(OCC(=O)N2C(C(=O)O)CCC2C(=O)O)no1. The zero-order valence-electron chi connectivity index (χ0n) is 11.2. The second kappa shape index (κ2) is 5.81. The number of carboxylic acid groups (broad SMARTS) is 2. The first kappa shape index (κ1) is 14.8. The number of hydrogen-bond acceptors (Lipinski definition) is 6. The molecule has 114 valence electrons. The number of aromatic nitrogens is 1. The number of nitrogens with zero attached hydrogens (tertiary/aromatic N) is 2. The molecule has 2 unspecified atom stereocenters. The Bertz CT molecular complexity index is 546. The van der Waals surface area contributed by atoms with Crippen LogP contribution in [0, 0.1) is 6.92 Å². The van der Waals surface area contributed by atoms with Crippen molar-refractivity contribution in [3.8, 4) is 5.88 Å². The van der Waals surface area contributed by atoms with E-state index in [1.54, 1.807) is 6.92 Å². The molecule has 0 spiro atoms. The Morgan fingerprint density at radius 2 is 1.90 bits per heavy atom. The fourth-order valence-electron chi connectivity index (χ4n) is 2.27. The van der Waals surface area contributed by atoms with E-state index in [9.17, 15) is 14.4 Å². The van der Waals surface area contributed by atoms with Gasteiger partial charge in [0.15, 0.2) is 6.61 Å². The molecule has 0 aromatic carbocycles. The highest BCUT2D eigenvalue weighted by molar-refractivity contribution is 5.90. The maximum Gasteiger partial charge on any atom is 0.326 e. The fraction of sp³-hybridized carbons (Fsp3) is 0.500. The Hall–Kier alpha value is -2.58. The number of aryl methyl sites for hydroxylation is 1. The maximum absolute atomic E-state index is 12.1. The van der Waals surface area contributed by atoms with Gasteiger partial charge in [-0.15, -0.1) is 0 Å². The normalized spacial score (nSPS) is 21.3. The number of aliphatic carboxylic acids is 2. The predicted octanol–water partition coefficient (Wildman–Crippen LogP) is -0.109. The summed E-state index contributed by atoms with van der Waals surface area (Å²) in [6.07, 6.45) is 0.197. The van der Waals surface area contributed by atoms with Crippen molar-refractivity contribution in [2.45, 2.75) is 31.8 Å². The molecule has 0 aliphatic carbocycles. The summed E-state index contributed by atoms with van der Waals surface area (Å²) >= 11 is 0. The molecule has 1 aliphatic rings. The van der Waals surface area contributed by atoms with E-state index < -0.39 is 36.5 Å². The molecule has 1 aromatic heterocycles. The van der Waals surface area contributed by atoms with E-state index in [2.05, 4.69) is 5.16 Å². The Labute approximate surface area is 119 Å². The third-order valence-corrected chi connectivity index (χ3v) is 3.19. The molecule has 2 rings (SSSR count). The highest BCUT2D eigenvalue weighted by Gasteiger charge is 2.44. The van der Waals surface area contributed by atoms with E-state index in [0.29, 0.717) is 5.76 Å². The van der Waals surface area contributed by atoms with Crippen LogP contribution in [0.15, 0.2) is 10.6 Å². The standard InChI is InChI=1S/C12H14N2O7/c1-6-4-9(13-21-6)20-5-10(15)14-7(11(16)17)2-3-8(14)12(18)19/h4,7-8H,2-3,5H2,1H3,(H,16,17)(H,18,19). The molecule has 1 saturated heterocycles. The first-order valence-electron chi connectivity index (χ1n) is 6.23. The second-order valence-corrected chi connectivity index (χ2v) is 4.65. The topological polar surface area (TPSA) is 130 Å². The van der Waals surface area contributed by atoms with Gasteiger partial charge in [-0.3, -0.25) is 4.79 Å². The van der Waals surface area contributed by atoms with Crippen LogP contribution < -0.4 is 4.74 Å². The largest absolute Gasteiger partial charge is 0.480 e. The molecule has 1 aliphatic heterocycles. The lowest BCUT2D eigenvalue weighted by molar-refractivity contribution is -0.156. The van der Waals surface area contributed by atoms with Gasteiger partial charge in [-0.1, -0.05) is 0 Å². The molecule has 0 radical (unpaired) electrons. The van der Waals surface area contributed by atoms with Gasteiger partial charge >= 0.3 is 11.9 Å². The molecule has 2 N–H and O–H groups in total. The van der Waals surface area contributed by atoms with Crippen LogP contribution in [0.3, 0.4) is 0 Å². The van der Waals surface area contributed by atoms with Gasteiger partial charge in [0.2, 0.25) is 0 Å². The highest BCUT2D eigenvalue weighted by Crippen LogP contribution is 2.25. The summed E-state index contributed by atoms with van der Waals surface area (Å²) in [6, 6.07) is -0.844. The van der Waals surface area contributed by atoms with Gasteiger partial charge in [0.1, 0.15) is 17.8 Å². The van der Waals surface area contributed by atoms with Crippen molar-refractivity contribution in [2.75, 3.05) is 6.61 Å². The van der Waals surface area contributed by atoms with Crippen molar-refractivity contribution >= 4 is 17.8 Å². The van der Waals surface area contributed by atoms with E-state index in [1.807, 2.05) is 0 Å². The first-order valence-corrected chi connectivity index (χ1v) is 6.23. The quantitative estimate of drug-likeness (QED) is 0.770. The lowest BCUT2D eigenvalue weighted by Gasteiger charge is -2.25. The molecule has 9 heteroatoms. The number of rotatable bonds is 5. The smallest absolute Gasteiger partial charge is 0.326 e. The zero-order chi connectivity index (χ0) is 15.6. The van der Waals surface area contributed by atoms with Crippen LogP contribution in [0.2, 0.25) is 0 Å². The van der Waals surface area contributed by atoms with Gasteiger partial charge < -0.3 is 24.4 Å². The molecular weight excluding hydrogens is 284 g/mol. The third-order valence-electron chi connectivity index (χ3n) is 3.19. The Morgan fingerprint density at radius 1 is 1.33 bits per heavy atom. The van der Waals surface area contributed by atoms with Crippen LogP contribution in [0.4, 0.5) is 0 Å². The van der Waals surface area contributed by atoms with Gasteiger partial charge in [0.05, 0.1) is 0 Å². The van der Waals surface area contributed by atoms with Crippen molar-refractivity contribution in [3.05, 3.63) is 11.8 Å². The molecule has 1 amide bonds. The lowest BCUT2D eigenvalue weighted by Crippen LogP contribution is -2.49. The van der Waals surface area contributed by atoms with Crippen molar-refractivity contribution in [1.29, 1.82) is 0 Å². The van der Waals surface area contributed by atoms with Crippen molar-refractivity contribution < 1.29 is 33.9 Å². The molecule has 1 aromatic rings. The summed E-state index contributed by atoms with van der Waals surface area (Å²) in [6.45, 7) is 1.14. The van der Waals surface area contributed by atoms with E-state index in [1.165, 1.54) is 6.07 Å². The van der Waals surface area contributed by atoms with Crippen molar-refractivity contribution in [1.82, 2.24) is 10.1 Å². The van der Waals surface area contributed by atoms with Crippen LogP contribution >= 0.6 is 0 Å². The predicted molar refractivity (Wildman–Crippen MR) is 65.7 cm³/mol. The summed E-state index contributed by atoms with van der Waals surface area (Å²) in [5.41, 5.74) is 0. The molecule has 2 atom stereocenters. The summed E-state index contributed by atoms with van der Waals surface area (Å²) < 4.78 is 9.83. The number of likely N-dealkylation sites (tertiary alicyclic amines) is 1. The number of amides is 1. The molecular formula is C12H14N2O7. The van der Waals surface area contributed by atoms with Crippen molar-refractivity contribution in [2.24, 2.45) is 0 Å². The summed E-state index contributed by atoms with van der Waals surface area (Å²) in [5.74, 6) is -2.61. The van der Waals surface area contributed by atoms with E-state index in [-0.39, 0.29) is 18.7 Å². The highest BCUT2D eigenvalue weighted by atomic mass is 16.5. The minimum Gasteiger partial charge on any atom is -0.480 e. The summed E-state index contributed by atoms with van der Waals surface area (Å²) in [7, 11) is 0. The van der Waals surface area contributed by atoms with Crippen LogP contribution in [0.5, 0.6) is 5.88 Å². The van der Waals surface area contributed by atoms with E-state index >= 15 is 0 Å². The molecule has 0 bridgehead atoms.